The van der Waals surface area contributed by atoms with Crippen LogP contribution in [0.25, 0.3) is 0 Å². The molecule has 1 atom stereocenters. The van der Waals surface area contributed by atoms with Crippen molar-refractivity contribution in [3.05, 3.63) is 0 Å². The van der Waals surface area contributed by atoms with Gasteiger partial charge in [0.15, 0.2) is 0 Å². The van der Waals surface area contributed by atoms with E-state index in [0.29, 0.717) is 0 Å². The van der Waals surface area contributed by atoms with Crippen LogP contribution in [0.3, 0.4) is 0 Å². The van der Waals surface area contributed by atoms with E-state index in [1.165, 1.54) is 0 Å². The Bertz CT molecular complexity index is 241. The molecule has 1 amide bonds. The number of aliphatic hydroxyl groups excluding tert-OH is 1. The van der Waals surface area contributed by atoms with Crippen molar-refractivity contribution < 1.29 is 14.6 Å². The highest BCUT2D eigenvalue weighted by Crippen LogP contribution is 2.47. The molecule has 0 aromatic carbocycles. The molecule has 4 heteroatoms. The summed E-state index contributed by atoms with van der Waals surface area (Å²) >= 11 is 0. The van der Waals surface area contributed by atoms with E-state index in [-0.39, 0.29) is 18.1 Å². The van der Waals surface area contributed by atoms with E-state index in [1.54, 1.807) is 0 Å². The first kappa shape index (κ1) is 12.3. The van der Waals surface area contributed by atoms with Crippen LogP contribution in [-0.4, -0.2) is 29.4 Å². The number of nitrogens with one attached hydrogen (secondary N) is 1. The highest BCUT2D eigenvalue weighted by Gasteiger charge is 2.45. The van der Waals surface area contributed by atoms with E-state index >= 15 is 0 Å². The molecule has 0 spiro atoms. The second-order valence-corrected chi connectivity index (χ2v) is 5.54. The molecule has 15 heavy (non-hydrogen) atoms. The van der Waals surface area contributed by atoms with Crippen molar-refractivity contribution >= 4 is 6.09 Å². The van der Waals surface area contributed by atoms with Crippen LogP contribution in [0.4, 0.5) is 4.79 Å². The molecule has 0 aromatic rings. The Kier molecular flexibility index (Phi) is 3.28. The number of amides is 1. The van der Waals surface area contributed by atoms with Crippen LogP contribution in [0.5, 0.6) is 0 Å². The molecule has 0 saturated heterocycles. The number of ether oxygens (including phenoxy) is 1. The van der Waals surface area contributed by atoms with Crippen LogP contribution in [-0.2, 0) is 4.74 Å². The minimum Gasteiger partial charge on any atom is -0.444 e. The normalized spacial score (nSPS) is 20.6. The fourth-order valence-electron chi connectivity index (χ4n) is 1.44. The van der Waals surface area contributed by atoms with E-state index in [0.717, 1.165) is 12.8 Å². The molecule has 1 aliphatic rings. The first-order valence-corrected chi connectivity index (χ1v) is 5.37. The number of alkyl carbamates (subject to hydrolysis) is 1. The average molecular weight is 215 g/mol. The third-order valence-corrected chi connectivity index (χ3v) is 2.75. The average Bonchev–Trinajstić information content (AvgIpc) is 2.77. The van der Waals surface area contributed by atoms with Crippen LogP contribution in [0.1, 0.15) is 40.5 Å². The molecule has 0 bridgehead atoms. The molecular weight excluding hydrogens is 194 g/mol. The Balaban J connectivity index is 2.42. The van der Waals surface area contributed by atoms with Crippen LogP contribution in [0.15, 0.2) is 0 Å². The smallest absolute Gasteiger partial charge is 0.407 e. The maximum Gasteiger partial charge on any atom is 0.407 e. The zero-order valence-electron chi connectivity index (χ0n) is 9.96. The van der Waals surface area contributed by atoms with Crippen molar-refractivity contribution in [2.75, 3.05) is 6.61 Å². The molecule has 1 unspecified atom stereocenters. The van der Waals surface area contributed by atoms with E-state index in [4.69, 9.17) is 4.74 Å². The maximum absolute atomic E-state index is 11.5. The fourth-order valence-corrected chi connectivity index (χ4v) is 1.44. The molecule has 0 radical (unpaired) electrons. The van der Waals surface area contributed by atoms with Gasteiger partial charge in [-0.05, 0) is 39.0 Å². The van der Waals surface area contributed by atoms with Gasteiger partial charge in [-0.3, -0.25) is 0 Å². The summed E-state index contributed by atoms with van der Waals surface area (Å²) in [7, 11) is 0. The third-order valence-electron chi connectivity index (χ3n) is 2.75. The molecule has 0 aromatic heterocycles. The van der Waals surface area contributed by atoms with E-state index < -0.39 is 11.7 Å². The first-order valence-electron chi connectivity index (χ1n) is 5.37. The lowest BCUT2D eigenvalue weighted by Gasteiger charge is -2.25. The van der Waals surface area contributed by atoms with Gasteiger partial charge in [0.05, 0.1) is 12.6 Å². The predicted octanol–water partition coefficient (Wildman–Crippen LogP) is 1.67. The zero-order chi connectivity index (χ0) is 11.7. The van der Waals surface area contributed by atoms with Gasteiger partial charge < -0.3 is 15.2 Å². The minimum absolute atomic E-state index is 0.0320. The second-order valence-electron chi connectivity index (χ2n) is 5.54. The van der Waals surface area contributed by atoms with Crippen molar-refractivity contribution in [1.82, 2.24) is 5.32 Å². The molecule has 88 valence electrons. The predicted molar refractivity (Wildman–Crippen MR) is 57.6 cm³/mol. The van der Waals surface area contributed by atoms with E-state index in [9.17, 15) is 9.90 Å². The van der Waals surface area contributed by atoms with Crippen molar-refractivity contribution in [2.24, 2.45) is 5.41 Å². The lowest BCUT2D eigenvalue weighted by molar-refractivity contribution is 0.0449. The molecule has 0 heterocycles. The van der Waals surface area contributed by atoms with Crippen molar-refractivity contribution in [2.45, 2.75) is 52.2 Å². The molecule has 1 fully saturated rings. The largest absolute Gasteiger partial charge is 0.444 e. The Morgan fingerprint density at radius 2 is 2.07 bits per heavy atom. The number of hydrogen-bond donors (Lipinski definition) is 2. The fraction of sp³-hybridized carbons (Fsp3) is 0.909. The summed E-state index contributed by atoms with van der Waals surface area (Å²) in [6, 6.07) is -0.188. The number of aliphatic hydroxyl groups is 1. The number of hydrogen-bond acceptors (Lipinski definition) is 3. The van der Waals surface area contributed by atoms with Crippen molar-refractivity contribution in [3.63, 3.8) is 0 Å². The summed E-state index contributed by atoms with van der Waals surface area (Å²) in [5.41, 5.74) is -0.430. The van der Waals surface area contributed by atoms with E-state index in [2.05, 4.69) is 12.2 Å². The summed E-state index contributed by atoms with van der Waals surface area (Å²) in [4.78, 5) is 11.5. The van der Waals surface area contributed by atoms with Gasteiger partial charge in [0.2, 0.25) is 0 Å². The van der Waals surface area contributed by atoms with Gasteiger partial charge in [-0.25, -0.2) is 4.79 Å². The molecule has 4 nitrogen and oxygen atoms in total. The van der Waals surface area contributed by atoms with Gasteiger partial charge in [-0.15, -0.1) is 0 Å². The summed E-state index contributed by atoms with van der Waals surface area (Å²) < 4.78 is 5.13. The first-order chi connectivity index (χ1) is 6.77. The highest BCUT2D eigenvalue weighted by molar-refractivity contribution is 5.68. The SMILES string of the molecule is CC(C)(C)OC(=O)NC(CO)C1(C)CC1. The van der Waals surface area contributed by atoms with Gasteiger partial charge in [-0.1, -0.05) is 6.92 Å². The standard InChI is InChI=1S/C11H21NO3/c1-10(2,3)15-9(14)12-8(7-13)11(4)5-6-11/h8,13H,5-7H2,1-4H3,(H,12,14). The van der Waals surface area contributed by atoms with E-state index in [1.807, 2.05) is 20.8 Å². The number of carbonyl (C=O) groups excluding carboxylic acids is 1. The molecule has 1 saturated carbocycles. The van der Waals surface area contributed by atoms with Crippen LogP contribution in [0.2, 0.25) is 0 Å². The monoisotopic (exact) mass is 215 g/mol. The van der Waals surface area contributed by atoms with Crippen molar-refractivity contribution in [3.8, 4) is 0 Å². The van der Waals surface area contributed by atoms with Gasteiger partial charge in [0.25, 0.3) is 0 Å². The topological polar surface area (TPSA) is 58.6 Å². The summed E-state index contributed by atoms with van der Waals surface area (Å²) in [6.45, 7) is 7.49. The minimum atomic E-state index is -0.492. The Morgan fingerprint density at radius 3 is 2.40 bits per heavy atom. The van der Waals surface area contributed by atoms with Gasteiger partial charge in [0, 0.05) is 0 Å². The Hall–Kier alpha value is -0.770. The molecular formula is C11H21NO3. The highest BCUT2D eigenvalue weighted by atomic mass is 16.6. The van der Waals surface area contributed by atoms with Gasteiger partial charge >= 0.3 is 6.09 Å². The van der Waals surface area contributed by atoms with Gasteiger partial charge in [-0.2, -0.15) is 0 Å². The number of carbonyl (C=O) groups is 1. The maximum atomic E-state index is 11.5. The second kappa shape index (κ2) is 4.00. The van der Waals surface area contributed by atoms with Gasteiger partial charge in [0.1, 0.15) is 5.60 Å². The Morgan fingerprint density at radius 1 is 1.53 bits per heavy atom. The Labute approximate surface area is 91.0 Å². The summed E-state index contributed by atoms with van der Waals surface area (Å²) in [5, 5.41) is 11.9. The van der Waals surface area contributed by atoms with Crippen LogP contribution >= 0.6 is 0 Å². The lowest BCUT2D eigenvalue weighted by Crippen LogP contribution is -2.45. The molecule has 2 N–H and O–H groups in total. The molecule has 1 rings (SSSR count). The number of rotatable bonds is 3. The zero-order valence-corrected chi connectivity index (χ0v) is 9.96. The lowest BCUT2D eigenvalue weighted by atomic mass is 10.0. The van der Waals surface area contributed by atoms with Crippen LogP contribution < -0.4 is 5.32 Å². The molecule has 1 aliphatic carbocycles. The summed E-state index contributed by atoms with van der Waals surface area (Å²) in [6.07, 6.45) is 1.65. The quantitative estimate of drug-likeness (QED) is 0.753. The third kappa shape index (κ3) is 3.70. The summed E-state index contributed by atoms with van der Waals surface area (Å²) in [5.74, 6) is 0. The van der Waals surface area contributed by atoms with Crippen LogP contribution in [0, 0.1) is 5.41 Å². The van der Waals surface area contributed by atoms with Crippen molar-refractivity contribution in [1.29, 1.82) is 0 Å². The molecule has 0 aliphatic heterocycles.